The summed E-state index contributed by atoms with van der Waals surface area (Å²) < 4.78 is 0. The molecule has 3 unspecified atom stereocenters. The van der Waals surface area contributed by atoms with E-state index < -0.39 is 0 Å². The van der Waals surface area contributed by atoms with Crippen molar-refractivity contribution < 1.29 is 4.79 Å². The lowest BCUT2D eigenvalue weighted by atomic mass is 10.1. The monoisotopic (exact) mass is 294 g/mol. The second kappa shape index (κ2) is 9.05. The van der Waals surface area contributed by atoms with Gasteiger partial charge in [-0.3, -0.25) is 4.79 Å². The molecule has 108 valence electrons. The van der Waals surface area contributed by atoms with Crippen molar-refractivity contribution in [3.05, 3.63) is 0 Å². The van der Waals surface area contributed by atoms with Gasteiger partial charge in [0, 0.05) is 18.3 Å². The highest BCUT2D eigenvalue weighted by Gasteiger charge is 2.31. The Hall–Kier alpha value is 0.0700. The quantitative estimate of drug-likeness (QED) is 0.819. The number of hydrogen-bond acceptors (Lipinski definition) is 3. The molecule has 1 fully saturated rings. The van der Waals surface area contributed by atoms with Crippen molar-refractivity contribution in [1.29, 1.82) is 0 Å². The topological polar surface area (TPSA) is 46.3 Å². The summed E-state index contributed by atoms with van der Waals surface area (Å²) in [4.78, 5) is 14.0. The first-order valence-electron chi connectivity index (χ1n) is 6.73. The molecule has 0 spiro atoms. The molecule has 1 saturated carbocycles. The Kier molecular flexibility index (Phi) is 9.09. The number of nitrogens with two attached hydrogens (primary N) is 1. The first kappa shape index (κ1) is 18.1. The number of carbonyl (C=O) groups is 1. The Morgan fingerprint density at radius 2 is 2.11 bits per heavy atom. The molecule has 1 aliphatic carbocycles. The molecule has 0 aliphatic heterocycles. The fourth-order valence-corrected chi connectivity index (χ4v) is 3.66. The number of hydrogen-bond donors (Lipinski definition) is 1. The van der Waals surface area contributed by atoms with Crippen LogP contribution in [0, 0.1) is 0 Å². The number of thioether (sulfide) groups is 1. The Morgan fingerprint density at radius 1 is 1.44 bits per heavy atom. The van der Waals surface area contributed by atoms with Gasteiger partial charge in [-0.1, -0.05) is 20.3 Å². The van der Waals surface area contributed by atoms with Gasteiger partial charge in [0.05, 0.1) is 6.04 Å². The van der Waals surface area contributed by atoms with E-state index in [4.69, 9.17) is 5.73 Å². The van der Waals surface area contributed by atoms with Gasteiger partial charge in [-0.25, -0.2) is 0 Å². The number of nitrogens with zero attached hydrogens (tertiary/aromatic N) is 1. The van der Waals surface area contributed by atoms with Crippen LogP contribution in [-0.4, -0.2) is 40.9 Å². The molecule has 5 heteroatoms. The molecule has 0 saturated heterocycles. The van der Waals surface area contributed by atoms with Crippen LogP contribution in [0.2, 0.25) is 0 Å². The third-order valence-electron chi connectivity index (χ3n) is 3.57. The zero-order valence-electron chi connectivity index (χ0n) is 11.7. The van der Waals surface area contributed by atoms with Crippen molar-refractivity contribution in [3.8, 4) is 0 Å². The van der Waals surface area contributed by atoms with E-state index >= 15 is 0 Å². The van der Waals surface area contributed by atoms with Crippen molar-refractivity contribution in [2.45, 2.75) is 63.3 Å². The van der Waals surface area contributed by atoms with Gasteiger partial charge in [0.25, 0.3) is 0 Å². The van der Waals surface area contributed by atoms with Gasteiger partial charge in [0.15, 0.2) is 0 Å². The van der Waals surface area contributed by atoms with Gasteiger partial charge in [0.1, 0.15) is 0 Å². The molecule has 0 heterocycles. The molecule has 0 aromatic heterocycles. The van der Waals surface area contributed by atoms with E-state index in [-0.39, 0.29) is 24.4 Å². The van der Waals surface area contributed by atoms with Gasteiger partial charge in [0.2, 0.25) is 5.91 Å². The third kappa shape index (κ3) is 4.98. The number of rotatable bonds is 6. The maximum absolute atomic E-state index is 12.1. The predicted octanol–water partition coefficient (Wildman–Crippen LogP) is 2.67. The smallest absolute Gasteiger partial charge is 0.239 e. The highest BCUT2D eigenvalue weighted by atomic mass is 35.5. The van der Waals surface area contributed by atoms with E-state index in [0.717, 1.165) is 30.9 Å². The van der Waals surface area contributed by atoms with Crippen molar-refractivity contribution in [2.24, 2.45) is 5.73 Å². The fourth-order valence-electron chi connectivity index (χ4n) is 2.53. The van der Waals surface area contributed by atoms with E-state index in [9.17, 15) is 4.79 Å². The Labute approximate surface area is 122 Å². The first-order chi connectivity index (χ1) is 8.10. The summed E-state index contributed by atoms with van der Waals surface area (Å²) in [5, 5.41) is 0.739. The van der Waals surface area contributed by atoms with Crippen molar-refractivity contribution >= 4 is 30.1 Å². The SMILES string of the molecule is CCCC(N)C(=O)N(C)C1CCC(SCC)C1.Cl. The lowest BCUT2D eigenvalue weighted by Gasteiger charge is -2.27. The number of amides is 1. The van der Waals surface area contributed by atoms with Crippen LogP contribution in [0.25, 0.3) is 0 Å². The highest BCUT2D eigenvalue weighted by molar-refractivity contribution is 7.99. The molecule has 3 atom stereocenters. The van der Waals surface area contributed by atoms with Crippen molar-refractivity contribution in [2.75, 3.05) is 12.8 Å². The van der Waals surface area contributed by atoms with Crippen LogP contribution < -0.4 is 5.73 Å². The Bertz CT molecular complexity index is 253. The molecule has 0 bridgehead atoms. The molecular formula is C13H27ClN2OS. The Morgan fingerprint density at radius 3 is 2.67 bits per heavy atom. The van der Waals surface area contributed by atoms with E-state index in [2.05, 4.69) is 13.8 Å². The summed E-state index contributed by atoms with van der Waals surface area (Å²) in [7, 11) is 1.92. The zero-order chi connectivity index (χ0) is 12.8. The minimum absolute atomic E-state index is 0. The predicted molar refractivity (Wildman–Crippen MR) is 82.5 cm³/mol. The summed E-state index contributed by atoms with van der Waals surface area (Å²) >= 11 is 2.02. The van der Waals surface area contributed by atoms with Gasteiger partial charge in [-0.05, 0) is 31.4 Å². The summed E-state index contributed by atoms with van der Waals surface area (Å²) in [5.74, 6) is 1.30. The second-order valence-electron chi connectivity index (χ2n) is 4.89. The summed E-state index contributed by atoms with van der Waals surface area (Å²) in [6.07, 6.45) is 5.28. The van der Waals surface area contributed by atoms with Crippen LogP contribution in [-0.2, 0) is 4.79 Å². The molecule has 0 aromatic carbocycles. The average Bonchev–Trinajstić information content (AvgIpc) is 2.76. The van der Waals surface area contributed by atoms with Gasteiger partial charge >= 0.3 is 0 Å². The number of halogens is 1. The normalized spacial score (nSPS) is 24.4. The number of carbonyl (C=O) groups excluding carboxylic acids is 1. The fraction of sp³-hybridized carbons (Fsp3) is 0.923. The zero-order valence-corrected chi connectivity index (χ0v) is 13.4. The van der Waals surface area contributed by atoms with Gasteiger partial charge < -0.3 is 10.6 Å². The minimum atomic E-state index is -0.303. The first-order valence-corrected chi connectivity index (χ1v) is 7.78. The van der Waals surface area contributed by atoms with Crippen molar-refractivity contribution in [1.82, 2.24) is 4.90 Å². The average molecular weight is 295 g/mol. The molecule has 1 aliphatic rings. The number of likely N-dealkylation sites (N-methyl/N-ethyl adjacent to an activating group) is 1. The van der Waals surface area contributed by atoms with E-state index in [0.29, 0.717) is 6.04 Å². The maximum Gasteiger partial charge on any atom is 0.239 e. The largest absolute Gasteiger partial charge is 0.341 e. The minimum Gasteiger partial charge on any atom is -0.341 e. The van der Waals surface area contributed by atoms with Crippen LogP contribution in [0.4, 0.5) is 0 Å². The van der Waals surface area contributed by atoms with Crippen LogP contribution in [0.1, 0.15) is 46.0 Å². The molecule has 18 heavy (non-hydrogen) atoms. The molecule has 1 amide bonds. The third-order valence-corrected chi connectivity index (χ3v) is 4.80. The van der Waals surface area contributed by atoms with Crippen LogP contribution in [0.3, 0.4) is 0 Å². The van der Waals surface area contributed by atoms with Gasteiger partial charge in [-0.15, -0.1) is 12.4 Å². The van der Waals surface area contributed by atoms with Crippen molar-refractivity contribution in [3.63, 3.8) is 0 Å². The molecule has 0 radical (unpaired) electrons. The standard InChI is InChI=1S/C13H26N2OS.ClH/c1-4-6-12(14)13(16)15(3)10-7-8-11(9-10)17-5-2;/h10-12H,4-9,14H2,1-3H3;1H. The van der Waals surface area contributed by atoms with Gasteiger partial charge in [-0.2, -0.15) is 11.8 Å². The molecule has 1 rings (SSSR count). The van der Waals surface area contributed by atoms with E-state index in [1.165, 1.54) is 12.2 Å². The Balaban J connectivity index is 0.00000289. The lowest BCUT2D eigenvalue weighted by molar-refractivity contribution is -0.133. The van der Waals surface area contributed by atoms with E-state index in [1.807, 2.05) is 23.7 Å². The summed E-state index contributed by atoms with van der Waals surface area (Å²) in [6.45, 7) is 4.26. The second-order valence-corrected chi connectivity index (χ2v) is 6.47. The van der Waals surface area contributed by atoms with Crippen LogP contribution in [0.5, 0.6) is 0 Å². The molecule has 3 nitrogen and oxygen atoms in total. The van der Waals surface area contributed by atoms with E-state index in [1.54, 1.807) is 0 Å². The summed E-state index contributed by atoms with van der Waals surface area (Å²) in [5.41, 5.74) is 5.89. The molecule has 0 aromatic rings. The molecule has 2 N–H and O–H groups in total. The summed E-state index contributed by atoms with van der Waals surface area (Å²) in [6, 6.07) is 0.109. The maximum atomic E-state index is 12.1. The highest BCUT2D eigenvalue weighted by Crippen LogP contribution is 2.32. The van der Waals surface area contributed by atoms with Crippen LogP contribution in [0.15, 0.2) is 0 Å². The molecular weight excluding hydrogens is 268 g/mol. The van der Waals surface area contributed by atoms with Crippen LogP contribution >= 0.6 is 24.2 Å². The lowest BCUT2D eigenvalue weighted by Crippen LogP contribution is -2.45.